The molecule has 0 bridgehead atoms. The normalized spacial score (nSPS) is 10.0. The van der Waals surface area contributed by atoms with Gasteiger partial charge in [-0.15, -0.1) is 11.8 Å². The largest absolute Gasteiger partial charge is 0.399 e. The second kappa shape index (κ2) is 4.58. The molecule has 0 aromatic heterocycles. The van der Waals surface area contributed by atoms with Gasteiger partial charge in [0.25, 0.3) is 0 Å². The summed E-state index contributed by atoms with van der Waals surface area (Å²) in [5.74, 6) is 0.741. The van der Waals surface area contributed by atoms with E-state index >= 15 is 0 Å². The van der Waals surface area contributed by atoms with E-state index in [2.05, 4.69) is 12.6 Å². The molecule has 0 unspecified atom stereocenters. The number of anilines is 1. The SMILES string of the molecule is C=C(Cl)CSc1ccc(N)c(C)c1. The summed E-state index contributed by atoms with van der Waals surface area (Å²) >= 11 is 7.32. The van der Waals surface area contributed by atoms with Crippen LogP contribution in [0.2, 0.25) is 0 Å². The number of nitrogen functional groups attached to an aromatic ring is 1. The molecule has 0 spiro atoms. The zero-order valence-electron chi connectivity index (χ0n) is 7.51. The minimum Gasteiger partial charge on any atom is -0.399 e. The van der Waals surface area contributed by atoms with Gasteiger partial charge in [0.05, 0.1) is 0 Å². The molecule has 0 aliphatic rings. The molecule has 1 rings (SSSR count). The summed E-state index contributed by atoms with van der Waals surface area (Å²) in [6, 6.07) is 5.96. The molecule has 0 saturated carbocycles. The van der Waals surface area contributed by atoms with Crippen LogP contribution in [0, 0.1) is 6.92 Å². The Kier molecular flexibility index (Phi) is 3.70. The summed E-state index contributed by atoms with van der Waals surface area (Å²) < 4.78 is 0. The quantitative estimate of drug-likeness (QED) is 0.615. The number of thioether (sulfide) groups is 1. The van der Waals surface area contributed by atoms with Crippen LogP contribution in [-0.2, 0) is 0 Å². The van der Waals surface area contributed by atoms with E-state index in [1.165, 1.54) is 4.90 Å². The predicted octanol–water partition coefficient (Wildman–Crippen LogP) is 3.42. The third-order valence-electron chi connectivity index (χ3n) is 1.64. The lowest BCUT2D eigenvalue weighted by Crippen LogP contribution is -1.89. The highest BCUT2D eigenvalue weighted by molar-refractivity contribution is 7.99. The maximum atomic E-state index is 5.69. The Balaban J connectivity index is 2.68. The van der Waals surface area contributed by atoms with Crippen LogP contribution in [0.4, 0.5) is 5.69 Å². The average Bonchev–Trinajstić information content (AvgIpc) is 2.07. The maximum Gasteiger partial charge on any atom is 0.0344 e. The molecule has 0 amide bonds. The summed E-state index contributed by atoms with van der Waals surface area (Å²) in [5, 5.41) is 0.666. The molecule has 0 heterocycles. The summed E-state index contributed by atoms with van der Waals surface area (Å²) in [5.41, 5.74) is 7.62. The van der Waals surface area contributed by atoms with E-state index in [1.54, 1.807) is 11.8 Å². The van der Waals surface area contributed by atoms with Gasteiger partial charge < -0.3 is 5.73 Å². The van der Waals surface area contributed by atoms with Gasteiger partial charge in [0.2, 0.25) is 0 Å². The maximum absolute atomic E-state index is 5.69. The summed E-state index contributed by atoms with van der Waals surface area (Å²) in [4.78, 5) is 1.17. The van der Waals surface area contributed by atoms with Crippen molar-refractivity contribution in [1.82, 2.24) is 0 Å². The van der Waals surface area contributed by atoms with Crippen LogP contribution < -0.4 is 5.73 Å². The highest BCUT2D eigenvalue weighted by Gasteiger charge is 1.97. The molecular formula is C10H12ClNS. The van der Waals surface area contributed by atoms with Gasteiger partial charge in [-0.25, -0.2) is 0 Å². The molecule has 1 aromatic rings. The molecule has 70 valence electrons. The number of halogens is 1. The fourth-order valence-corrected chi connectivity index (χ4v) is 1.81. The van der Waals surface area contributed by atoms with Crippen molar-refractivity contribution in [3.63, 3.8) is 0 Å². The van der Waals surface area contributed by atoms with Crippen molar-refractivity contribution >= 4 is 29.1 Å². The first kappa shape index (κ1) is 10.5. The number of hydrogen-bond donors (Lipinski definition) is 1. The lowest BCUT2D eigenvalue weighted by atomic mass is 10.2. The van der Waals surface area contributed by atoms with Gasteiger partial charge in [-0.2, -0.15) is 0 Å². The van der Waals surface area contributed by atoms with Crippen molar-refractivity contribution < 1.29 is 0 Å². The summed E-state index contributed by atoms with van der Waals surface area (Å²) in [6.07, 6.45) is 0. The molecule has 13 heavy (non-hydrogen) atoms. The fourth-order valence-electron chi connectivity index (χ4n) is 0.900. The van der Waals surface area contributed by atoms with E-state index < -0.39 is 0 Å². The van der Waals surface area contributed by atoms with Crippen LogP contribution in [0.3, 0.4) is 0 Å². The second-order valence-corrected chi connectivity index (χ2v) is 4.41. The monoisotopic (exact) mass is 213 g/mol. The molecule has 0 aliphatic carbocycles. The fraction of sp³-hybridized carbons (Fsp3) is 0.200. The van der Waals surface area contributed by atoms with Crippen LogP contribution in [0.15, 0.2) is 34.7 Å². The standard InChI is InChI=1S/C10H12ClNS/c1-7-5-9(3-4-10(7)12)13-6-8(2)11/h3-5H,2,6,12H2,1H3. The predicted molar refractivity (Wildman–Crippen MR) is 61.3 cm³/mol. The lowest BCUT2D eigenvalue weighted by Gasteiger charge is -2.03. The van der Waals surface area contributed by atoms with Gasteiger partial charge in [0.15, 0.2) is 0 Å². The Bertz CT molecular complexity index is 323. The second-order valence-electron chi connectivity index (χ2n) is 2.82. The van der Waals surface area contributed by atoms with Gasteiger partial charge >= 0.3 is 0 Å². The first-order chi connectivity index (χ1) is 6.09. The van der Waals surface area contributed by atoms with Crippen LogP contribution in [0.25, 0.3) is 0 Å². The molecule has 2 N–H and O–H groups in total. The molecule has 0 radical (unpaired) electrons. The van der Waals surface area contributed by atoms with Gasteiger partial charge in [-0.3, -0.25) is 0 Å². The number of rotatable bonds is 3. The van der Waals surface area contributed by atoms with Crippen LogP contribution in [-0.4, -0.2) is 5.75 Å². The zero-order chi connectivity index (χ0) is 9.84. The van der Waals surface area contributed by atoms with Crippen LogP contribution in [0.5, 0.6) is 0 Å². The molecular weight excluding hydrogens is 202 g/mol. The highest BCUT2D eigenvalue weighted by Crippen LogP contribution is 2.24. The molecule has 1 aromatic carbocycles. The van der Waals surface area contributed by atoms with Crippen LogP contribution in [0.1, 0.15) is 5.56 Å². The first-order valence-electron chi connectivity index (χ1n) is 3.92. The Morgan fingerprint density at radius 1 is 1.62 bits per heavy atom. The van der Waals surface area contributed by atoms with E-state index in [4.69, 9.17) is 17.3 Å². The molecule has 0 atom stereocenters. The minimum absolute atomic E-state index is 0.666. The Labute approximate surface area is 88.0 Å². The smallest absolute Gasteiger partial charge is 0.0344 e. The van der Waals surface area contributed by atoms with Crippen molar-refractivity contribution in [2.45, 2.75) is 11.8 Å². The van der Waals surface area contributed by atoms with Crippen molar-refractivity contribution in [3.05, 3.63) is 35.4 Å². The van der Waals surface area contributed by atoms with E-state index in [9.17, 15) is 0 Å². The lowest BCUT2D eigenvalue weighted by molar-refractivity contribution is 1.36. The van der Waals surface area contributed by atoms with Crippen molar-refractivity contribution in [1.29, 1.82) is 0 Å². The number of aryl methyl sites for hydroxylation is 1. The number of nitrogens with two attached hydrogens (primary N) is 1. The minimum atomic E-state index is 0.666. The molecule has 3 heteroatoms. The van der Waals surface area contributed by atoms with Gasteiger partial charge in [-0.05, 0) is 30.7 Å². The van der Waals surface area contributed by atoms with E-state index in [0.717, 1.165) is 17.0 Å². The molecule has 0 aliphatic heterocycles. The highest BCUT2D eigenvalue weighted by atomic mass is 35.5. The third-order valence-corrected chi connectivity index (χ3v) is 3.01. The Morgan fingerprint density at radius 3 is 2.85 bits per heavy atom. The molecule has 0 fully saturated rings. The van der Waals surface area contributed by atoms with Gasteiger partial charge in [-0.1, -0.05) is 18.2 Å². The Morgan fingerprint density at radius 2 is 2.31 bits per heavy atom. The van der Waals surface area contributed by atoms with E-state index in [0.29, 0.717) is 5.03 Å². The zero-order valence-corrected chi connectivity index (χ0v) is 9.08. The van der Waals surface area contributed by atoms with Gasteiger partial charge in [0, 0.05) is 21.4 Å². The number of hydrogen-bond acceptors (Lipinski definition) is 2. The summed E-state index contributed by atoms with van der Waals surface area (Å²) in [6.45, 7) is 5.63. The van der Waals surface area contributed by atoms with Gasteiger partial charge in [0.1, 0.15) is 0 Å². The van der Waals surface area contributed by atoms with Crippen molar-refractivity contribution in [2.75, 3.05) is 11.5 Å². The average molecular weight is 214 g/mol. The van der Waals surface area contributed by atoms with Crippen molar-refractivity contribution in [3.8, 4) is 0 Å². The first-order valence-corrected chi connectivity index (χ1v) is 5.28. The van der Waals surface area contributed by atoms with Crippen molar-refractivity contribution in [2.24, 2.45) is 0 Å². The third kappa shape index (κ3) is 3.33. The molecule has 1 nitrogen and oxygen atoms in total. The van der Waals surface area contributed by atoms with E-state index in [1.807, 2.05) is 19.1 Å². The van der Waals surface area contributed by atoms with E-state index in [-0.39, 0.29) is 0 Å². The summed E-state index contributed by atoms with van der Waals surface area (Å²) in [7, 11) is 0. The topological polar surface area (TPSA) is 26.0 Å². The number of benzene rings is 1. The Hall–Kier alpha value is -0.600. The van der Waals surface area contributed by atoms with Crippen LogP contribution >= 0.6 is 23.4 Å². The molecule has 0 saturated heterocycles.